The van der Waals surface area contributed by atoms with Crippen LogP contribution in [-0.4, -0.2) is 5.78 Å². The van der Waals surface area contributed by atoms with Gasteiger partial charge in [-0.05, 0) is 13.0 Å². The van der Waals surface area contributed by atoms with Crippen molar-refractivity contribution in [2.45, 2.75) is 6.92 Å². The van der Waals surface area contributed by atoms with Crippen molar-refractivity contribution >= 4 is 29.4 Å². The van der Waals surface area contributed by atoms with E-state index in [9.17, 15) is 4.79 Å². The van der Waals surface area contributed by atoms with Gasteiger partial charge in [0, 0.05) is 17.7 Å². The van der Waals surface area contributed by atoms with Crippen molar-refractivity contribution in [2.24, 2.45) is 0 Å². The Morgan fingerprint density at radius 2 is 1.89 bits per heavy atom. The summed E-state index contributed by atoms with van der Waals surface area (Å²) in [6.45, 7) is 1.98. The van der Waals surface area contributed by atoms with Crippen molar-refractivity contribution in [1.82, 2.24) is 0 Å². The molecule has 0 aliphatic carbocycles. The Morgan fingerprint density at radius 3 is 2.58 bits per heavy atom. The Balaban J connectivity index is 2.20. The fourth-order valence-corrected chi connectivity index (χ4v) is 1.76. The van der Waals surface area contributed by atoms with Crippen LogP contribution in [0.25, 0.3) is 6.20 Å². The fourth-order valence-electron chi connectivity index (χ4n) is 1.59. The minimum absolute atomic E-state index is 0.0770. The Morgan fingerprint density at radius 1 is 1.21 bits per heavy atom. The molecule has 0 amide bonds. The van der Waals surface area contributed by atoms with Gasteiger partial charge in [-0.2, -0.15) is 0 Å². The predicted octanol–water partition coefficient (Wildman–Crippen LogP) is 2.87. The maximum absolute atomic E-state index is 12.0. The number of nitrogens with two attached hydrogens (primary N) is 1. The number of aromatic nitrogens is 1. The van der Waals surface area contributed by atoms with E-state index in [-0.39, 0.29) is 5.78 Å². The topological polar surface area (TPSA) is 47.0 Å². The summed E-state index contributed by atoms with van der Waals surface area (Å²) in [6.07, 6.45) is 4.72. The molecule has 4 heteroatoms. The van der Waals surface area contributed by atoms with Gasteiger partial charge in [0.1, 0.15) is 6.20 Å². The lowest BCUT2D eigenvalue weighted by atomic mass is 10.1. The monoisotopic (exact) mass is 273 g/mol. The largest absolute Gasteiger partial charge is 0.289 e. The van der Waals surface area contributed by atoms with E-state index in [1.165, 1.54) is 6.08 Å². The van der Waals surface area contributed by atoms with Gasteiger partial charge in [-0.3, -0.25) is 10.5 Å². The van der Waals surface area contributed by atoms with Crippen LogP contribution < -0.4 is 10.3 Å². The minimum atomic E-state index is -0.0770. The van der Waals surface area contributed by atoms with E-state index in [1.54, 1.807) is 41.2 Å². The highest BCUT2D eigenvalue weighted by atomic mass is 35.5. The zero-order chi connectivity index (χ0) is 13.8. The first-order valence-corrected chi connectivity index (χ1v) is 6.19. The third-order valence-electron chi connectivity index (χ3n) is 2.70. The zero-order valence-electron chi connectivity index (χ0n) is 10.5. The zero-order valence-corrected chi connectivity index (χ0v) is 11.3. The summed E-state index contributed by atoms with van der Waals surface area (Å²) >= 11 is 5.87. The number of aryl methyl sites for hydroxylation is 1. The summed E-state index contributed by atoms with van der Waals surface area (Å²) in [4.78, 5) is 12.0. The van der Waals surface area contributed by atoms with Crippen LogP contribution in [0.5, 0.6) is 0 Å². The van der Waals surface area contributed by atoms with Gasteiger partial charge in [0.15, 0.2) is 5.78 Å². The molecule has 0 unspecified atom stereocenters. The molecule has 0 radical (unpaired) electrons. The quantitative estimate of drug-likeness (QED) is 0.531. The van der Waals surface area contributed by atoms with Crippen LogP contribution in [0.1, 0.15) is 15.9 Å². The minimum Gasteiger partial charge on any atom is -0.289 e. The number of hydrogen-bond acceptors (Lipinski definition) is 2. The van der Waals surface area contributed by atoms with Gasteiger partial charge in [0.25, 0.3) is 5.82 Å². The van der Waals surface area contributed by atoms with Crippen molar-refractivity contribution in [3.8, 4) is 0 Å². The summed E-state index contributed by atoms with van der Waals surface area (Å²) in [5.41, 5.74) is 7.54. The van der Waals surface area contributed by atoms with E-state index in [4.69, 9.17) is 17.3 Å². The lowest BCUT2D eigenvalue weighted by Gasteiger charge is -1.98. The fraction of sp³-hybridized carbons (Fsp3) is 0.0667. The molecule has 0 aliphatic rings. The lowest BCUT2D eigenvalue weighted by molar-refractivity contribution is -0.552. The third-order valence-corrected chi connectivity index (χ3v) is 2.92. The molecule has 96 valence electrons. The SMILES string of the molecule is Cc1ccc(C(=O)C=C[n+]2cc(Cl)ccc2N)cc1. The highest BCUT2D eigenvalue weighted by Gasteiger charge is 2.04. The number of allylic oxidation sites excluding steroid dienone is 1. The van der Waals surface area contributed by atoms with Crippen molar-refractivity contribution in [3.05, 3.63) is 64.8 Å². The first kappa shape index (κ1) is 13.3. The molecular weight excluding hydrogens is 260 g/mol. The molecule has 0 bridgehead atoms. The second kappa shape index (κ2) is 5.67. The molecule has 0 spiro atoms. The van der Waals surface area contributed by atoms with Crippen LogP contribution in [0.3, 0.4) is 0 Å². The second-order valence-corrected chi connectivity index (χ2v) is 4.66. The van der Waals surface area contributed by atoms with E-state index in [0.717, 1.165) is 5.56 Å². The Bertz CT molecular complexity index is 633. The number of carbonyl (C=O) groups excluding carboxylic acids is 1. The molecule has 0 fully saturated rings. The lowest BCUT2D eigenvalue weighted by Crippen LogP contribution is -2.30. The van der Waals surface area contributed by atoms with E-state index >= 15 is 0 Å². The van der Waals surface area contributed by atoms with Gasteiger partial charge in [-0.1, -0.05) is 41.4 Å². The van der Waals surface area contributed by atoms with Crippen LogP contribution in [-0.2, 0) is 0 Å². The molecule has 0 atom stereocenters. The molecule has 2 rings (SSSR count). The smallest absolute Gasteiger partial charge is 0.277 e. The molecule has 2 aromatic rings. The number of anilines is 1. The van der Waals surface area contributed by atoms with Gasteiger partial charge < -0.3 is 0 Å². The third kappa shape index (κ3) is 3.42. The first-order chi connectivity index (χ1) is 9.06. The number of rotatable bonds is 3. The highest BCUT2D eigenvalue weighted by Crippen LogP contribution is 2.07. The normalized spacial score (nSPS) is 10.8. The highest BCUT2D eigenvalue weighted by molar-refractivity contribution is 6.30. The number of hydrogen-bond donors (Lipinski definition) is 1. The summed E-state index contributed by atoms with van der Waals surface area (Å²) < 4.78 is 1.61. The number of pyridine rings is 1. The van der Waals surface area contributed by atoms with E-state index < -0.39 is 0 Å². The van der Waals surface area contributed by atoms with Crippen molar-refractivity contribution < 1.29 is 9.36 Å². The van der Waals surface area contributed by atoms with Gasteiger partial charge in [0.2, 0.25) is 0 Å². The average molecular weight is 274 g/mol. The average Bonchev–Trinajstić information content (AvgIpc) is 2.40. The summed E-state index contributed by atoms with van der Waals surface area (Å²) in [5, 5.41) is 0.557. The first-order valence-electron chi connectivity index (χ1n) is 5.81. The van der Waals surface area contributed by atoms with Gasteiger partial charge >= 0.3 is 0 Å². The van der Waals surface area contributed by atoms with Crippen LogP contribution >= 0.6 is 11.6 Å². The molecule has 3 nitrogen and oxygen atoms in total. The number of ketones is 1. The molecule has 0 aliphatic heterocycles. The Hall–Kier alpha value is -2.13. The van der Waals surface area contributed by atoms with Crippen LogP contribution in [0.15, 0.2) is 48.7 Å². The molecular formula is C15H14ClN2O+. The maximum atomic E-state index is 12.0. The summed E-state index contributed by atoms with van der Waals surface area (Å²) in [7, 11) is 0. The number of halogens is 1. The maximum Gasteiger partial charge on any atom is 0.277 e. The number of nitrogen functional groups attached to an aromatic ring is 1. The molecule has 0 saturated heterocycles. The van der Waals surface area contributed by atoms with E-state index in [1.807, 2.05) is 19.1 Å². The molecule has 2 N–H and O–H groups in total. The Labute approximate surface area is 116 Å². The van der Waals surface area contributed by atoms with Crippen molar-refractivity contribution in [2.75, 3.05) is 5.73 Å². The summed E-state index contributed by atoms with van der Waals surface area (Å²) in [6, 6.07) is 10.8. The molecule has 0 saturated carbocycles. The second-order valence-electron chi connectivity index (χ2n) is 4.23. The number of benzene rings is 1. The van der Waals surface area contributed by atoms with E-state index in [0.29, 0.717) is 16.4 Å². The summed E-state index contributed by atoms with van der Waals surface area (Å²) in [5.74, 6) is 0.434. The van der Waals surface area contributed by atoms with Gasteiger partial charge in [-0.15, -0.1) is 0 Å². The van der Waals surface area contributed by atoms with Crippen LogP contribution in [0.2, 0.25) is 5.02 Å². The van der Waals surface area contributed by atoms with Gasteiger partial charge in [-0.25, -0.2) is 4.57 Å². The van der Waals surface area contributed by atoms with Crippen LogP contribution in [0, 0.1) is 6.92 Å². The van der Waals surface area contributed by atoms with Crippen molar-refractivity contribution in [3.63, 3.8) is 0 Å². The molecule has 1 aromatic carbocycles. The van der Waals surface area contributed by atoms with Gasteiger partial charge in [0.05, 0.1) is 11.2 Å². The Kier molecular flexibility index (Phi) is 3.97. The molecule has 1 heterocycles. The number of nitrogens with zero attached hydrogens (tertiary/aromatic N) is 1. The molecule has 1 aromatic heterocycles. The molecule has 19 heavy (non-hydrogen) atoms. The van der Waals surface area contributed by atoms with Crippen molar-refractivity contribution in [1.29, 1.82) is 0 Å². The predicted molar refractivity (Wildman–Crippen MR) is 76.9 cm³/mol. The standard InChI is InChI=1S/C15H13ClN2O/c1-11-2-4-12(5-3-11)14(19)8-9-18-10-13(16)6-7-15(18)17/h2-10,17H,1H3/p+1. The van der Waals surface area contributed by atoms with Crippen LogP contribution in [0.4, 0.5) is 5.82 Å². The van der Waals surface area contributed by atoms with E-state index in [2.05, 4.69) is 0 Å². The number of carbonyl (C=O) groups is 1.